The van der Waals surface area contributed by atoms with Crippen LogP contribution in [0.3, 0.4) is 0 Å². The van der Waals surface area contributed by atoms with Crippen molar-refractivity contribution >= 4 is 43.5 Å². The van der Waals surface area contributed by atoms with Crippen molar-refractivity contribution in [3.05, 3.63) is 36.4 Å². The lowest BCUT2D eigenvalue weighted by molar-refractivity contribution is 0.122. The highest BCUT2D eigenvalue weighted by Gasteiger charge is 2.24. The third kappa shape index (κ3) is 3.93. The summed E-state index contributed by atoms with van der Waals surface area (Å²) in [5.74, 6) is 2.36. The van der Waals surface area contributed by atoms with Crippen molar-refractivity contribution in [1.82, 2.24) is 20.3 Å². The SMILES string of the molecule is CCOc1nc(N2CCNCC2)nc2c1sc1nc(N3CCOCC3)cc(-c3ccccc3)c12. The summed E-state index contributed by atoms with van der Waals surface area (Å²) in [5, 5.41) is 4.48. The second-order valence-corrected chi connectivity index (χ2v) is 9.45. The van der Waals surface area contributed by atoms with E-state index in [1.165, 1.54) is 0 Å². The molecule has 4 aromatic rings. The molecule has 5 heterocycles. The van der Waals surface area contributed by atoms with Crippen LogP contribution in [0.2, 0.25) is 0 Å². The van der Waals surface area contributed by atoms with E-state index in [0.29, 0.717) is 12.5 Å². The quantitative estimate of drug-likeness (QED) is 0.469. The molecule has 176 valence electrons. The molecule has 0 bridgehead atoms. The molecular formula is C25H28N6O2S. The average Bonchev–Trinajstić information content (AvgIpc) is 3.29. The number of rotatable bonds is 5. The molecule has 3 aromatic heterocycles. The van der Waals surface area contributed by atoms with Gasteiger partial charge in [0.15, 0.2) is 0 Å². The van der Waals surface area contributed by atoms with Gasteiger partial charge < -0.3 is 24.6 Å². The Morgan fingerprint density at radius 2 is 1.79 bits per heavy atom. The zero-order chi connectivity index (χ0) is 22.9. The standard InChI is InChI=1S/C25H28N6O2S/c1-2-33-23-22-21(28-25(29-23)31-10-8-26-9-11-31)20-18(17-6-4-3-5-7-17)16-19(27-24(20)34-22)30-12-14-32-15-13-30/h3-7,16,26H,2,8-15H2,1H3. The van der Waals surface area contributed by atoms with Crippen LogP contribution in [0.4, 0.5) is 11.8 Å². The number of ether oxygens (including phenoxy) is 2. The van der Waals surface area contributed by atoms with E-state index < -0.39 is 0 Å². The van der Waals surface area contributed by atoms with Gasteiger partial charge in [-0.2, -0.15) is 4.98 Å². The zero-order valence-corrected chi connectivity index (χ0v) is 20.1. The van der Waals surface area contributed by atoms with Crippen LogP contribution >= 0.6 is 11.3 Å². The molecule has 2 saturated heterocycles. The van der Waals surface area contributed by atoms with Crippen molar-refractivity contribution in [3.63, 3.8) is 0 Å². The fraction of sp³-hybridized carbons (Fsp3) is 0.400. The van der Waals surface area contributed by atoms with Crippen molar-refractivity contribution in [2.75, 3.05) is 68.9 Å². The van der Waals surface area contributed by atoms with Crippen molar-refractivity contribution < 1.29 is 9.47 Å². The molecule has 6 rings (SSSR count). The second-order valence-electron chi connectivity index (χ2n) is 8.45. The lowest BCUT2D eigenvalue weighted by Crippen LogP contribution is -2.44. The van der Waals surface area contributed by atoms with Gasteiger partial charge in [-0.05, 0) is 24.1 Å². The molecule has 1 N–H and O–H groups in total. The van der Waals surface area contributed by atoms with Gasteiger partial charge in [0.2, 0.25) is 11.8 Å². The summed E-state index contributed by atoms with van der Waals surface area (Å²) < 4.78 is 12.6. The number of benzene rings is 1. The summed E-state index contributed by atoms with van der Waals surface area (Å²) >= 11 is 1.62. The number of aromatic nitrogens is 3. The van der Waals surface area contributed by atoms with Crippen LogP contribution in [0, 0.1) is 0 Å². The smallest absolute Gasteiger partial charge is 0.236 e. The lowest BCUT2D eigenvalue weighted by Gasteiger charge is -2.28. The highest BCUT2D eigenvalue weighted by molar-refractivity contribution is 7.25. The molecule has 0 atom stereocenters. The van der Waals surface area contributed by atoms with Crippen LogP contribution in [-0.4, -0.2) is 74.0 Å². The number of nitrogens with zero attached hydrogens (tertiary/aromatic N) is 5. The van der Waals surface area contributed by atoms with E-state index in [1.807, 2.05) is 13.0 Å². The number of piperazine rings is 1. The molecule has 34 heavy (non-hydrogen) atoms. The number of pyridine rings is 1. The van der Waals surface area contributed by atoms with Crippen LogP contribution in [0.15, 0.2) is 36.4 Å². The van der Waals surface area contributed by atoms with Gasteiger partial charge in [-0.3, -0.25) is 0 Å². The first-order valence-electron chi connectivity index (χ1n) is 11.9. The summed E-state index contributed by atoms with van der Waals surface area (Å²) in [7, 11) is 0. The predicted molar refractivity (Wildman–Crippen MR) is 137 cm³/mol. The van der Waals surface area contributed by atoms with Gasteiger partial charge in [0, 0.05) is 44.7 Å². The van der Waals surface area contributed by atoms with E-state index in [-0.39, 0.29) is 0 Å². The van der Waals surface area contributed by atoms with Gasteiger partial charge in [0.05, 0.1) is 19.8 Å². The Balaban J connectivity index is 1.60. The van der Waals surface area contributed by atoms with Crippen molar-refractivity contribution in [2.24, 2.45) is 0 Å². The first-order chi connectivity index (χ1) is 16.8. The maximum absolute atomic E-state index is 6.03. The van der Waals surface area contributed by atoms with Gasteiger partial charge >= 0.3 is 0 Å². The fourth-order valence-electron chi connectivity index (χ4n) is 4.63. The normalized spacial score (nSPS) is 17.0. The Hall–Kier alpha value is -3.01. The van der Waals surface area contributed by atoms with Gasteiger partial charge in [0.1, 0.15) is 20.9 Å². The highest BCUT2D eigenvalue weighted by atomic mass is 32.1. The number of hydrogen-bond acceptors (Lipinski definition) is 9. The largest absolute Gasteiger partial charge is 0.477 e. The monoisotopic (exact) mass is 476 g/mol. The Morgan fingerprint density at radius 1 is 1.00 bits per heavy atom. The van der Waals surface area contributed by atoms with Gasteiger partial charge in [-0.25, -0.2) is 9.97 Å². The molecule has 0 aliphatic carbocycles. The molecular weight excluding hydrogens is 448 g/mol. The summed E-state index contributed by atoms with van der Waals surface area (Å²) in [4.78, 5) is 20.6. The van der Waals surface area contributed by atoms with Crippen molar-refractivity contribution in [2.45, 2.75) is 6.92 Å². The molecule has 9 heteroatoms. The van der Waals surface area contributed by atoms with Crippen LogP contribution in [-0.2, 0) is 4.74 Å². The molecule has 0 spiro atoms. The van der Waals surface area contributed by atoms with Crippen LogP contribution in [0.1, 0.15) is 6.92 Å². The van der Waals surface area contributed by atoms with Crippen LogP contribution < -0.4 is 19.9 Å². The Bertz CT molecular complexity index is 1300. The second kappa shape index (κ2) is 9.32. The van der Waals surface area contributed by atoms with E-state index in [0.717, 1.165) is 95.8 Å². The molecule has 0 saturated carbocycles. The van der Waals surface area contributed by atoms with E-state index in [9.17, 15) is 0 Å². The minimum Gasteiger partial charge on any atom is -0.477 e. The van der Waals surface area contributed by atoms with Crippen molar-refractivity contribution in [1.29, 1.82) is 0 Å². The minimum absolute atomic E-state index is 0.555. The zero-order valence-electron chi connectivity index (χ0n) is 19.3. The molecule has 0 amide bonds. The topological polar surface area (TPSA) is 75.6 Å². The molecule has 0 radical (unpaired) electrons. The van der Waals surface area contributed by atoms with E-state index in [4.69, 9.17) is 24.4 Å². The van der Waals surface area contributed by atoms with Crippen molar-refractivity contribution in [3.8, 4) is 17.0 Å². The highest BCUT2D eigenvalue weighted by Crippen LogP contribution is 2.43. The van der Waals surface area contributed by atoms with Crippen LogP contribution in [0.5, 0.6) is 5.88 Å². The van der Waals surface area contributed by atoms with E-state index in [2.05, 4.69) is 45.4 Å². The molecule has 2 fully saturated rings. The van der Waals surface area contributed by atoms with E-state index in [1.54, 1.807) is 11.3 Å². The summed E-state index contributed by atoms with van der Waals surface area (Å²) in [6.45, 7) is 9.29. The molecule has 1 aromatic carbocycles. The minimum atomic E-state index is 0.555. The molecule has 2 aliphatic heterocycles. The summed E-state index contributed by atoms with van der Waals surface area (Å²) in [6, 6.07) is 12.7. The number of thiophene rings is 1. The maximum atomic E-state index is 6.03. The molecule has 2 aliphatic rings. The number of hydrogen-bond donors (Lipinski definition) is 1. The molecule has 0 unspecified atom stereocenters. The van der Waals surface area contributed by atoms with Gasteiger partial charge in [0.25, 0.3) is 0 Å². The summed E-state index contributed by atoms with van der Waals surface area (Å²) in [6.07, 6.45) is 0. The van der Waals surface area contributed by atoms with E-state index >= 15 is 0 Å². The number of anilines is 2. The average molecular weight is 477 g/mol. The number of nitrogens with one attached hydrogen (secondary N) is 1. The van der Waals surface area contributed by atoms with Crippen LogP contribution in [0.25, 0.3) is 31.6 Å². The number of morpholine rings is 1. The summed E-state index contributed by atoms with van der Waals surface area (Å²) in [5.41, 5.74) is 3.22. The maximum Gasteiger partial charge on any atom is 0.236 e. The Kier molecular flexibility index (Phi) is 5.90. The Labute approximate surface area is 202 Å². The third-order valence-corrected chi connectivity index (χ3v) is 7.39. The molecule has 8 nitrogen and oxygen atoms in total. The lowest BCUT2D eigenvalue weighted by atomic mass is 10.0. The Morgan fingerprint density at radius 3 is 2.56 bits per heavy atom. The number of fused-ring (bicyclic) bond motifs is 3. The first kappa shape index (κ1) is 21.5. The van der Waals surface area contributed by atoms with Gasteiger partial charge in [-0.15, -0.1) is 11.3 Å². The third-order valence-electron chi connectivity index (χ3n) is 6.33. The fourth-order valence-corrected chi connectivity index (χ4v) is 5.71. The van der Waals surface area contributed by atoms with Gasteiger partial charge in [-0.1, -0.05) is 30.3 Å². The first-order valence-corrected chi connectivity index (χ1v) is 12.8. The predicted octanol–water partition coefficient (Wildman–Crippen LogP) is 3.55.